The third-order valence-corrected chi connectivity index (χ3v) is 16.7. The Hall–Kier alpha value is -8.06. The zero-order valence-corrected chi connectivity index (χ0v) is 46.6. The van der Waals surface area contributed by atoms with Crippen LogP contribution in [0.15, 0.2) is 23.2 Å². The lowest BCUT2D eigenvalue weighted by Crippen LogP contribution is -2.68. The average molecular weight is 1180 g/mol. The van der Waals surface area contributed by atoms with Crippen LogP contribution in [0.25, 0.3) is 10.9 Å². The zero-order valence-electron chi connectivity index (χ0n) is 45.8. The largest absolute Gasteiger partial charge is 0.508 e. The lowest BCUT2D eigenvalue weighted by Gasteiger charge is -2.45. The number of H-pyrrole nitrogens is 1. The van der Waals surface area contributed by atoms with Gasteiger partial charge >= 0.3 is 12.2 Å². The molecule has 8 heterocycles. The van der Waals surface area contributed by atoms with Crippen LogP contribution in [0, 0.1) is 11.8 Å². The van der Waals surface area contributed by atoms with Gasteiger partial charge in [-0.25, -0.2) is 14.5 Å². The zero-order chi connectivity index (χ0) is 59.9. The number of fused-ring (bicyclic) bond motifs is 7. The van der Waals surface area contributed by atoms with Crippen LogP contribution in [0.4, 0.5) is 9.59 Å². The second-order valence-electron chi connectivity index (χ2n) is 21.4. The molecule has 450 valence electrons. The lowest BCUT2D eigenvalue weighted by atomic mass is 9.89. The van der Waals surface area contributed by atoms with E-state index in [1.807, 2.05) is 0 Å². The van der Waals surface area contributed by atoms with Crippen LogP contribution in [-0.2, 0) is 73.5 Å². The van der Waals surface area contributed by atoms with E-state index < -0.39 is 176 Å². The van der Waals surface area contributed by atoms with Gasteiger partial charge in [-0.2, -0.15) is 0 Å². The molecule has 12 N–H and O–H groups in total. The summed E-state index contributed by atoms with van der Waals surface area (Å²) in [6.07, 6.45) is -5.38. The molecule has 0 saturated carbocycles. The van der Waals surface area contributed by atoms with Gasteiger partial charge in [-0.3, -0.25) is 52.7 Å². The van der Waals surface area contributed by atoms with Crippen LogP contribution >= 0.6 is 11.8 Å². The van der Waals surface area contributed by atoms with Gasteiger partial charge in [0, 0.05) is 61.9 Å². The Bertz CT molecular complexity index is 2930. The number of aliphatic hydroxyl groups is 1. The van der Waals surface area contributed by atoms with Crippen molar-refractivity contribution in [2.75, 3.05) is 38.5 Å². The van der Waals surface area contributed by atoms with E-state index in [1.54, 1.807) is 19.9 Å². The maximum absolute atomic E-state index is 16.1. The number of amides is 11. The van der Waals surface area contributed by atoms with Gasteiger partial charge in [0.25, 0.3) is 11.8 Å². The number of hydrogen-bond donors (Lipinski definition) is 11. The van der Waals surface area contributed by atoms with Crippen molar-refractivity contribution in [3.63, 3.8) is 0 Å². The van der Waals surface area contributed by atoms with Crippen molar-refractivity contribution in [3.05, 3.63) is 23.8 Å². The molecule has 4 unspecified atom stereocenters. The molecule has 30 nitrogen and oxygen atoms in total. The molecule has 11 amide bonds. The number of nitrogens with two attached hydrogens (primary N) is 1. The van der Waals surface area contributed by atoms with Gasteiger partial charge in [-0.05, 0) is 42.9 Å². The van der Waals surface area contributed by atoms with Gasteiger partial charge in [-0.15, -0.1) is 16.8 Å². The minimum Gasteiger partial charge on any atom is -0.465 e. The number of primary amides is 1. The van der Waals surface area contributed by atoms with E-state index in [9.17, 15) is 53.1 Å². The maximum atomic E-state index is 16.1. The Morgan fingerprint density at radius 3 is 2.25 bits per heavy atom. The molecule has 1 aromatic carbocycles. The molecule has 83 heavy (non-hydrogen) atoms. The number of nitrogens with zero attached hydrogens (tertiary/aromatic N) is 2. The van der Waals surface area contributed by atoms with Crippen LogP contribution < -0.4 is 53.0 Å². The molecule has 0 radical (unpaired) electrons. The third-order valence-electron chi connectivity index (χ3n) is 15.5. The highest BCUT2D eigenvalue weighted by atomic mass is 32.2. The Balaban J connectivity index is 1.26. The fourth-order valence-corrected chi connectivity index (χ4v) is 12.0. The Morgan fingerprint density at radius 1 is 0.843 bits per heavy atom. The molecule has 1 aromatic heterocycles. The molecule has 8 bridgehead atoms. The Morgan fingerprint density at radius 2 is 1.55 bits per heavy atom. The number of aromatic nitrogens is 1. The van der Waals surface area contributed by atoms with E-state index in [0.717, 1.165) is 11.8 Å². The highest BCUT2D eigenvalue weighted by molar-refractivity contribution is 7.99. The number of rotatable bonds is 14. The van der Waals surface area contributed by atoms with Crippen molar-refractivity contribution in [2.24, 2.45) is 17.6 Å². The molecule has 7 aliphatic rings. The standard InChI is InChI=1S/C52H68N12O18S/c1-4-24(2)41-47(75)56-19-37(67)57-33-23-83-49-29-17-32(44(72)55-20-38(68)61-41)59-48(76)42(25(3)35-22-79-51(78)80-35)62-46(74)34-15-26(65)21-63(34)52(43(71)31(18-36(53)66)58-45(33)73,81-27-9-10-28(29)30(16-27)60-49)13-7-5-6-8-14-54-50(77)82-64-39(69)11-12-40(64)70/h9-10,16,24-26,31-35,41-42,60,65H,4-8,11-15,17-23H2,1-3H3,(H2,53,66)(H,54,77)(H,55,72)(H,56,75)(H,57,67)(H,58,73)(H,59,76)(H,61,68)(H,62,74)/t24-,25-,26?,31-,32?,33?,34-,35-,41-,42-,52?/m0/s1. The number of hydroxylamine groups is 2. The van der Waals surface area contributed by atoms with Gasteiger partial charge in [0.1, 0.15) is 48.7 Å². The van der Waals surface area contributed by atoms with Gasteiger partial charge in [-0.1, -0.05) is 40.0 Å². The van der Waals surface area contributed by atoms with E-state index in [2.05, 4.69) is 47.5 Å². The number of carbonyl (C=O) groups is 13. The molecule has 9 rings (SSSR count). The minimum atomic E-state index is -2.43. The average Bonchev–Trinajstić information content (AvgIpc) is 2.59. The summed E-state index contributed by atoms with van der Waals surface area (Å²) < 4.78 is 17.4. The summed E-state index contributed by atoms with van der Waals surface area (Å²) in [5.74, 6) is -11.7. The van der Waals surface area contributed by atoms with Crippen LogP contribution in [0.5, 0.6) is 5.75 Å². The van der Waals surface area contributed by atoms with Gasteiger partial charge < -0.3 is 77.4 Å². The number of aromatic amines is 1. The van der Waals surface area contributed by atoms with Crippen LogP contribution in [-0.4, -0.2) is 190 Å². The second-order valence-corrected chi connectivity index (χ2v) is 22.4. The summed E-state index contributed by atoms with van der Waals surface area (Å²) >= 11 is 0.987. The normalized spacial score (nSPS) is 28.4. The van der Waals surface area contributed by atoms with Crippen molar-refractivity contribution < 1.29 is 86.5 Å². The smallest absolute Gasteiger partial charge is 0.465 e. The third kappa shape index (κ3) is 14.2. The van der Waals surface area contributed by atoms with Crippen molar-refractivity contribution in [1.29, 1.82) is 0 Å². The van der Waals surface area contributed by atoms with Crippen molar-refractivity contribution in [1.82, 2.24) is 57.5 Å². The molecule has 3 fully saturated rings. The van der Waals surface area contributed by atoms with Crippen molar-refractivity contribution in [2.45, 2.75) is 151 Å². The number of imide groups is 1. The number of ketones is 1. The highest BCUT2D eigenvalue weighted by Crippen LogP contribution is 2.40. The van der Waals surface area contributed by atoms with Gasteiger partial charge in [0.05, 0.1) is 42.2 Å². The molecule has 7 aliphatic heterocycles. The number of carbonyl (C=O) groups excluding carboxylic acids is 13. The number of Topliss-reactive ketones (excluding diaryl/α,β-unsaturated/α-hetero) is 1. The summed E-state index contributed by atoms with van der Waals surface area (Å²) in [6, 6.07) is -4.85. The number of hydrogen-bond acceptors (Lipinski definition) is 20. The summed E-state index contributed by atoms with van der Waals surface area (Å²) in [7, 11) is 0. The summed E-state index contributed by atoms with van der Waals surface area (Å²) in [5.41, 5.74) is 4.09. The summed E-state index contributed by atoms with van der Waals surface area (Å²) in [6.45, 7) is 2.73. The summed E-state index contributed by atoms with van der Waals surface area (Å²) in [4.78, 5) is 189. The maximum Gasteiger partial charge on any atom is 0.508 e. The first-order valence-corrected chi connectivity index (χ1v) is 28.5. The molecule has 0 aliphatic carbocycles. The first-order valence-electron chi connectivity index (χ1n) is 27.5. The fraction of sp³-hybridized carbons (Fsp3) is 0.596. The number of nitrogens with one attached hydrogen (secondary N) is 9. The van der Waals surface area contributed by atoms with Gasteiger partial charge in [0.2, 0.25) is 58.8 Å². The molecule has 11 atom stereocenters. The second kappa shape index (κ2) is 26.5. The predicted octanol–water partition coefficient (Wildman–Crippen LogP) is -2.59. The molecule has 2 aromatic rings. The van der Waals surface area contributed by atoms with E-state index in [0.29, 0.717) is 45.8 Å². The molecular weight excluding hydrogens is 1110 g/mol. The molecule has 31 heteroatoms. The topological polar surface area (TPSA) is 424 Å². The Labute approximate surface area is 478 Å². The van der Waals surface area contributed by atoms with Crippen molar-refractivity contribution in [3.8, 4) is 5.75 Å². The van der Waals surface area contributed by atoms with E-state index in [1.165, 1.54) is 24.0 Å². The quantitative estimate of drug-likeness (QED) is 0.0525. The van der Waals surface area contributed by atoms with Crippen molar-refractivity contribution >= 4 is 99.8 Å². The number of unbranched alkanes of at least 4 members (excludes halogenated alkanes) is 3. The molecule has 0 spiro atoms. The fourth-order valence-electron chi connectivity index (χ4n) is 10.9. The van der Waals surface area contributed by atoms with Crippen LogP contribution in [0.2, 0.25) is 0 Å². The van der Waals surface area contributed by atoms with Gasteiger partial charge in [0.15, 0.2) is 0 Å². The minimum absolute atomic E-state index is 0.00158. The number of benzene rings is 1. The SMILES string of the molecule is CC[C@H](C)[C@@H]1NC(=O)CNC(=O)C2Cc3c4[nH]c5cc(ccc35)OC(CCCCCCNC(=O)ON3C(=O)CCC3=O)(C(=O)[C@H](CC(N)=O)NC(=O)C(CS4)NC(=O)CNC1=O)N1CC(O)C[C@H]1C(=O)N[C@@H]([C@@H](C)[C@@H]1COC(=O)O1)C(=O)N2. The molecule has 3 saturated heterocycles. The van der Waals surface area contributed by atoms with Crippen LogP contribution in [0.3, 0.4) is 0 Å². The van der Waals surface area contributed by atoms with E-state index >= 15 is 14.4 Å². The monoisotopic (exact) mass is 1180 g/mol. The molecular formula is C52H68N12O18S. The number of thioether (sulfide) groups is 1. The first kappa shape index (κ1) is 61.0. The number of ether oxygens (including phenoxy) is 3. The van der Waals surface area contributed by atoms with E-state index in [4.69, 9.17) is 24.8 Å². The Kier molecular flexibility index (Phi) is 19.5. The first-order chi connectivity index (χ1) is 39.5. The summed E-state index contributed by atoms with van der Waals surface area (Å²) in [5, 5.41) is 33.6. The highest BCUT2D eigenvalue weighted by Gasteiger charge is 2.57. The number of cyclic esters (lactones) is 2. The van der Waals surface area contributed by atoms with Crippen LogP contribution in [0.1, 0.15) is 90.5 Å². The van der Waals surface area contributed by atoms with E-state index in [-0.39, 0.29) is 63.2 Å². The lowest BCUT2D eigenvalue weighted by molar-refractivity contribution is -0.171. The predicted molar refractivity (Wildman–Crippen MR) is 285 cm³/mol. The number of aliphatic hydroxyl groups excluding tert-OH is 1.